The molecular formula is C25H40IN5O2. The third-order valence-electron chi connectivity index (χ3n) is 6.70. The van der Waals surface area contributed by atoms with E-state index in [0.29, 0.717) is 19.0 Å². The van der Waals surface area contributed by atoms with Gasteiger partial charge in [-0.3, -0.25) is 9.59 Å². The number of hydrogen-bond acceptors (Lipinski definition) is 3. The number of anilines is 1. The smallest absolute Gasteiger partial charge is 0.230 e. The maximum absolute atomic E-state index is 12.8. The highest BCUT2D eigenvalue weighted by atomic mass is 127. The number of amides is 2. The van der Waals surface area contributed by atoms with E-state index in [0.717, 1.165) is 69.2 Å². The van der Waals surface area contributed by atoms with Crippen molar-refractivity contribution >= 4 is 47.4 Å². The summed E-state index contributed by atoms with van der Waals surface area (Å²) in [6.45, 7) is 3.87. The molecule has 1 aromatic rings. The summed E-state index contributed by atoms with van der Waals surface area (Å²) in [5.74, 6) is 1.19. The van der Waals surface area contributed by atoms with Crippen LogP contribution in [0, 0.1) is 11.3 Å². The second-order valence-corrected chi connectivity index (χ2v) is 9.41. The molecule has 3 rings (SSSR count). The number of halogens is 1. The fraction of sp³-hybridized carbons (Fsp3) is 0.640. The van der Waals surface area contributed by atoms with Crippen molar-refractivity contribution in [3.63, 3.8) is 0 Å². The Balaban J connectivity index is 0.00000385. The molecule has 0 unspecified atom stereocenters. The number of carbonyl (C=O) groups excluding carboxylic acids is 2. The predicted molar refractivity (Wildman–Crippen MR) is 145 cm³/mol. The summed E-state index contributed by atoms with van der Waals surface area (Å²) >= 11 is 0. The second kappa shape index (κ2) is 13.2. The van der Waals surface area contributed by atoms with Crippen LogP contribution in [0.25, 0.3) is 0 Å². The number of guanidine groups is 1. The normalized spacial score (nSPS) is 17.8. The van der Waals surface area contributed by atoms with Crippen LogP contribution in [0.15, 0.2) is 29.3 Å². The summed E-state index contributed by atoms with van der Waals surface area (Å²) in [6.07, 6.45) is 8.29. The number of hydrogen-bond donors (Lipinski definition) is 3. The standard InChI is InChI=1S/C25H39N5O2.HI/c1-4-26-24(28-18-25(14-7-8-15-25)23(32)30(2)3)27-17-19-10-9-13-21(16-19)29-22(31)20-11-5-6-12-20;/h9-10,13,16,20H,4-8,11-12,14-15,17-18H2,1-3H3,(H,29,31)(H2,26,27,28);1H. The highest BCUT2D eigenvalue weighted by molar-refractivity contribution is 14.0. The van der Waals surface area contributed by atoms with E-state index in [2.05, 4.69) is 16.0 Å². The lowest BCUT2D eigenvalue weighted by Gasteiger charge is -2.31. The van der Waals surface area contributed by atoms with Crippen LogP contribution in [0.3, 0.4) is 0 Å². The first-order valence-electron chi connectivity index (χ1n) is 12.1. The predicted octanol–water partition coefficient (Wildman–Crippen LogP) is 4.14. The Morgan fingerprint density at radius 1 is 1.09 bits per heavy atom. The van der Waals surface area contributed by atoms with Crippen LogP contribution in [0.2, 0.25) is 0 Å². The Bertz CT molecular complexity index is 815. The van der Waals surface area contributed by atoms with Crippen molar-refractivity contribution in [1.82, 2.24) is 15.5 Å². The summed E-state index contributed by atoms with van der Waals surface area (Å²) < 4.78 is 0. The molecule has 0 heterocycles. The monoisotopic (exact) mass is 569 g/mol. The van der Waals surface area contributed by atoms with Gasteiger partial charge in [-0.05, 0) is 50.3 Å². The highest BCUT2D eigenvalue weighted by Crippen LogP contribution is 2.38. The van der Waals surface area contributed by atoms with Crippen LogP contribution in [-0.2, 0) is 16.1 Å². The summed E-state index contributed by atoms with van der Waals surface area (Å²) in [5, 5.41) is 9.77. The van der Waals surface area contributed by atoms with Crippen molar-refractivity contribution < 1.29 is 9.59 Å². The number of carbonyl (C=O) groups is 2. The van der Waals surface area contributed by atoms with Gasteiger partial charge in [0.1, 0.15) is 0 Å². The van der Waals surface area contributed by atoms with Gasteiger partial charge in [-0.2, -0.15) is 0 Å². The lowest BCUT2D eigenvalue weighted by molar-refractivity contribution is -0.138. The molecule has 0 aromatic heterocycles. The molecule has 0 aliphatic heterocycles. The molecule has 7 nitrogen and oxygen atoms in total. The third-order valence-corrected chi connectivity index (χ3v) is 6.70. The Morgan fingerprint density at radius 3 is 2.42 bits per heavy atom. The molecule has 2 saturated carbocycles. The van der Waals surface area contributed by atoms with Crippen LogP contribution in [0.1, 0.15) is 63.9 Å². The van der Waals surface area contributed by atoms with Crippen LogP contribution >= 0.6 is 24.0 Å². The zero-order chi connectivity index (χ0) is 23.0. The molecule has 1 aromatic carbocycles. The van der Waals surface area contributed by atoms with Gasteiger partial charge in [-0.25, -0.2) is 4.99 Å². The lowest BCUT2D eigenvalue weighted by Crippen LogP contribution is -2.49. The third kappa shape index (κ3) is 7.58. The van der Waals surface area contributed by atoms with Crippen LogP contribution in [0.5, 0.6) is 0 Å². The Kier molecular flexibility index (Phi) is 10.9. The van der Waals surface area contributed by atoms with E-state index >= 15 is 0 Å². The molecule has 184 valence electrons. The average molecular weight is 570 g/mol. The van der Waals surface area contributed by atoms with Gasteiger partial charge in [-0.1, -0.05) is 37.8 Å². The molecule has 8 heteroatoms. The molecule has 2 aliphatic carbocycles. The van der Waals surface area contributed by atoms with Gasteiger partial charge in [0.05, 0.1) is 12.0 Å². The first-order valence-corrected chi connectivity index (χ1v) is 12.1. The van der Waals surface area contributed by atoms with Crippen molar-refractivity contribution in [2.24, 2.45) is 16.3 Å². The van der Waals surface area contributed by atoms with Gasteiger partial charge < -0.3 is 20.9 Å². The van der Waals surface area contributed by atoms with Gasteiger partial charge >= 0.3 is 0 Å². The molecule has 0 radical (unpaired) electrons. The second-order valence-electron chi connectivity index (χ2n) is 9.41. The van der Waals surface area contributed by atoms with Crippen LogP contribution < -0.4 is 16.0 Å². The van der Waals surface area contributed by atoms with Crippen LogP contribution in [0.4, 0.5) is 5.69 Å². The fourth-order valence-electron chi connectivity index (χ4n) is 4.94. The number of aliphatic imine (C=N–C) groups is 1. The number of benzene rings is 1. The van der Waals surface area contributed by atoms with Crippen molar-refractivity contribution in [1.29, 1.82) is 0 Å². The molecular weight excluding hydrogens is 529 g/mol. The quantitative estimate of drug-likeness (QED) is 0.250. The Morgan fingerprint density at radius 2 is 1.79 bits per heavy atom. The van der Waals surface area contributed by atoms with E-state index in [9.17, 15) is 9.59 Å². The summed E-state index contributed by atoms with van der Waals surface area (Å²) in [7, 11) is 3.67. The average Bonchev–Trinajstić information content (AvgIpc) is 3.48. The van der Waals surface area contributed by atoms with Crippen LogP contribution in [-0.4, -0.2) is 49.9 Å². The molecule has 0 bridgehead atoms. The molecule has 0 atom stereocenters. The largest absolute Gasteiger partial charge is 0.357 e. The van der Waals surface area contributed by atoms with E-state index in [-0.39, 0.29) is 47.1 Å². The minimum absolute atomic E-state index is 0. The lowest BCUT2D eigenvalue weighted by atomic mass is 9.84. The van der Waals surface area contributed by atoms with E-state index in [4.69, 9.17) is 4.99 Å². The zero-order valence-electron chi connectivity index (χ0n) is 20.3. The molecule has 0 spiro atoms. The van der Waals surface area contributed by atoms with Crippen molar-refractivity contribution in [2.45, 2.75) is 64.8 Å². The number of rotatable bonds is 8. The summed E-state index contributed by atoms with van der Waals surface area (Å²) in [5.41, 5.74) is 1.52. The minimum atomic E-state index is -0.343. The van der Waals surface area contributed by atoms with Gasteiger partial charge in [0, 0.05) is 38.8 Å². The first kappa shape index (κ1) is 27.4. The maximum Gasteiger partial charge on any atom is 0.230 e. The van der Waals surface area contributed by atoms with Gasteiger partial charge in [-0.15, -0.1) is 24.0 Å². The molecule has 3 N–H and O–H groups in total. The molecule has 2 fully saturated rings. The maximum atomic E-state index is 12.8. The SMILES string of the molecule is CCNC(=NCc1cccc(NC(=O)C2CCCC2)c1)NCC1(C(=O)N(C)C)CCCC1.I. The van der Waals surface area contributed by atoms with E-state index in [1.165, 1.54) is 0 Å². The molecule has 33 heavy (non-hydrogen) atoms. The van der Waals surface area contributed by atoms with Gasteiger partial charge in [0.15, 0.2) is 5.96 Å². The highest BCUT2D eigenvalue weighted by Gasteiger charge is 2.42. The van der Waals surface area contributed by atoms with Crippen molar-refractivity contribution in [3.8, 4) is 0 Å². The topological polar surface area (TPSA) is 85.8 Å². The Labute approximate surface area is 215 Å². The fourth-order valence-corrected chi connectivity index (χ4v) is 4.94. The Hall–Kier alpha value is -1.84. The van der Waals surface area contributed by atoms with E-state index in [1.54, 1.807) is 4.90 Å². The summed E-state index contributed by atoms with van der Waals surface area (Å²) in [4.78, 5) is 31.7. The van der Waals surface area contributed by atoms with Crippen molar-refractivity contribution in [3.05, 3.63) is 29.8 Å². The van der Waals surface area contributed by atoms with Gasteiger partial charge in [0.2, 0.25) is 11.8 Å². The summed E-state index contributed by atoms with van der Waals surface area (Å²) in [6, 6.07) is 7.90. The van der Waals surface area contributed by atoms with E-state index in [1.807, 2.05) is 45.3 Å². The first-order chi connectivity index (χ1) is 15.4. The molecule has 2 aliphatic rings. The number of nitrogens with one attached hydrogen (secondary N) is 3. The zero-order valence-corrected chi connectivity index (χ0v) is 22.6. The van der Waals surface area contributed by atoms with Gasteiger partial charge in [0.25, 0.3) is 0 Å². The minimum Gasteiger partial charge on any atom is -0.357 e. The van der Waals surface area contributed by atoms with E-state index < -0.39 is 0 Å². The van der Waals surface area contributed by atoms with Crippen molar-refractivity contribution in [2.75, 3.05) is 32.5 Å². The molecule has 2 amide bonds. The molecule has 0 saturated heterocycles. The number of nitrogens with zero attached hydrogens (tertiary/aromatic N) is 2.